The number of nitrogen functional groups attached to an aromatic ring is 1. The second kappa shape index (κ2) is 7.76. The van der Waals surface area contributed by atoms with Crippen LogP contribution in [0, 0.1) is 0 Å². The van der Waals surface area contributed by atoms with E-state index in [0.29, 0.717) is 27.8 Å². The normalized spacial score (nSPS) is 10.3. The fourth-order valence-electron chi connectivity index (χ4n) is 2.41. The maximum Gasteiger partial charge on any atom is 0.409 e. The van der Waals surface area contributed by atoms with E-state index in [2.05, 4.69) is 15.6 Å². The largest absolute Gasteiger partial charge is 0.465 e. The minimum absolute atomic E-state index is 0.365. The first-order valence-corrected chi connectivity index (χ1v) is 8.23. The van der Waals surface area contributed by atoms with E-state index in [9.17, 15) is 9.59 Å². The van der Waals surface area contributed by atoms with Crippen LogP contribution in [0.5, 0.6) is 0 Å². The molecule has 0 spiro atoms. The SMILES string of the molecule is Nc1ccc(-c2ccc(Cl)nc2)cc1NC(=O)c1ccc(NC(=O)O)cc1. The molecular weight excluding hydrogens is 368 g/mol. The molecular formula is C19H15ClN4O3. The van der Waals surface area contributed by atoms with Gasteiger partial charge in [0.25, 0.3) is 5.91 Å². The lowest BCUT2D eigenvalue weighted by Gasteiger charge is -2.11. The molecule has 0 atom stereocenters. The molecule has 2 aromatic carbocycles. The molecule has 1 aromatic heterocycles. The molecule has 0 saturated heterocycles. The second-order valence-electron chi connectivity index (χ2n) is 5.63. The third-order valence-corrected chi connectivity index (χ3v) is 3.98. The van der Waals surface area contributed by atoms with Crippen molar-refractivity contribution in [3.63, 3.8) is 0 Å². The van der Waals surface area contributed by atoms with E-state index in [1.54, 1.807) is 24.4 Å². The van der Waals surface area contributed by atoms with Crippen molar-refractivity contribution in [3.8, 4) is 11.1 Å². The highest BCUT2D eigenvalue weighted by atomic mass is 35.5. The third-order valence-electron chi connectivity index (χ3n) is 3.76. The number of pyridine rings is 1. The zero-order chi connectivity index (χ0) is 19.4. The van der Waals surface area contributed by atoms with Crippen molar-refractivity contribution in [1.82, 2.24) is 4.98 Å². The predicted octanol–water partition coefficient (Wildman–Crippen LogP) is 4.33. The van der Waals surface area contributed by atoms with Gasteiger partial charge in [-0.1, -0.05) is 17.7 Å². The summed E-state index contributed by atoms with van der Waals surface area (Å²) in [6, 6.07) is 14.8. The van der Waals surface area contributed by atoms with E-state index < -0.39 is 6.09 Å². The maximum absolute atomic E-state index is 12.5. The van der Waals surface area contributed by atoms with Crippen LogP contribution in [0.1, 0.15) is 10.4 Å². The first-order valence-electron chi connectivity index (χ1n) is 7.85. The zero-order valence-electron chi connectivity index (χ0n) is 13.9. The summed E-state index contributed by atoms with van der Waals surface area (Å²) < 4.78 is 0. The van der Waals surface area contributed by atoms with Crippen molar-refractivity contribution in [2.75, 3.05) is 16.4 Å². The van der Waals surface area contributed by atoms with E-state index in [4.69, 9.17) is 22.4 Å². The minimum atomic E-state index is -1.17. The summed E-state index contributed by atoms with van der Waals surface area (Å²) >= 11 is 5.81. The van der Waals surface area contributed by atoms with Crippen LogP contribution in [-0.4, -0.2) is 22.1 Å². The minimum Gasteiger partial charge on any atom is -0.465 e. The van der Waals surface area contributed by atoms with Crippen LogP contribution in [0.15, 0.2) is 60.8 Å². The Morgan fingerprint density at radius 3 is 2.30 bits per heavy atom. The van der Waals surface area contributed by atoms with Gasteiger partial charge in [0, 0.05) is 23.0 Å². The smallest absolute Gasteiger partial charge is 0.409 e. The van der Waals surface area contributed by atoms with Crippen LogP contribution in [-0.2, 0) is 0 Å². The lowest BCUT2D eigenvalue weighted by molar-refractivity contribution is 0.102. The standard InChI is InChI=1S/C19H15ClN4O3/c20-17-8-4-13(10-22-17)12-3-7-15(21)16(9-12)24-18(25)11-1-5-14(6-2-11)23-19(26)27/h1-10,23H,21H2,(H,24,25)(H,26,27). The van der Waals surface area contributed by atoms with Crippen LogP contribution in [0.4, 0.5) is 21.9 Å². The number of amides is 2. The molecule has 0 fully saturated rings. The number of nitrogens with one attached hydrogen (secondary N) is 2. The van der Waals surface area contributed by atoms with Gasteiger partial charge in [0.2, 0.25) is 0 Å². The Hall–Kier alpha value is -3.58. The molecule has 2 amide bonds. The van der Waals surface area contributed by atoms with Crippen LogP contribution >= 0.6 is 11.6 Å². The maximum atomic E-state index is 12.5. The van der Waals surface area contributed by atoms with Crippen molar-refractivity contribution in [2.45, 2.75) is 0 Å². The molecule has 5 N–H and O–H groups in total. The van der Waals surface area contributed by atoms with Gasteiger partial charge in [-0.15, -0.1) is 0 Å². The number of benzene rings is 2. The molecule has 3 aromatic rings. The summed E-state index contributed by atoms with van der Waals surface area (Å²) in [5, 5.41) is 14.1. The average molecular weight is 383 g/mol. The van der Waals surface area contributed by atoms with Crippen molar-refractivity contribution in [3.05, 3.63) is 71.5 Å². The van der Waals surface area contributed by atoms with Crippen molar-refractivity contribution in [1.29, 1.82) is 0 Å². The van der Waals surface area contributed by atoms with Crippen molar-refractivity contribution >= 4 is 40.7 Å². The first-order chi connectivity index (χ1) is 12.9. The fourth-order valence-corrected chi connectivity index (χ4v) is 2.53. The number of anilines is 3. The number of rotatable bonds is 4. The molecule has 0 aliphatic rings. The van der Waals surface area contributed by atoms with Gasteiger partial charge in [-0.3, -0.25) is 10.1 Å². The Balaban J connectivity index is 1.80. The van der Waals surface area contributed by atoms with Crippen LogP contribution in [0.3, 0.4) is 0 Å². The van der Waals surface area contributed by atoms with Crippen LogP contribution in [0.25, 0.3) is 11.1 Å². The number of hydrogen-bond donors (Lipinski definition) is 4. The van der Waals surface area contributed by atoms with E-state index in [0.717, 1.165) is 11.1 Å². The van der Waals surface area contributed by atoms with Gasteiger partial charge in [0.15, 0.2) is 0 Å². The third kappa shape index (κ3) is 4.53. The van der Waals surface area contributed by atoms with E-state index in [1.165, 1.54) is 24.3 Å². The molecule has 27 heavy (non-hydrogen) atoms. The van der Waals surface area contributed by atoms with Gasteiger partial charge in [0.1, 0.15) is 5.15 Å². The average Bonchev–Trinajstić information content (AvgIpc) is 2.64. The van der Waals surface area contributed by atoms with E-state index >= 15 is 0 Å². The Morgan fingerprint density at radius 2 is 1.67 bits per heavy atom. The first kappa shape index (κ1) is 18.2. The molecule has 0 saturated carbocycles. The fraction of sp³-hybridized carbons (Fsp3) is 0. The Bertz CT molecular complexity index is 989. The topological polar surface area (TPSA) is 117 Å². The van der Waals surface area contributed by atoms with Crippen LogP contribution in [0.2, 0.25) is 5.15 Å². The van der Waals surface area contributed by atoms with Crippen LogP contribution < -0.4 is 16.4 Å². The van der Waals surface area contributed by atoms with Gasteiger partial charge >= 0.3 is 6.09 Å². The molecule has 1 heterocycles. The van der Waals surface area contributed by atoms with Crippen molar-refractivity contribution in [2.24, 2.45) is 0 Å². The highest BCUT2D eigenvalue weighted by Crippen LogP contribution is 2.28. The number of nitrogens with zero attached hydrogens (tertiary/aromatic N) is 1. The predicted molar refractivity (Wildman–Crippen MR) is 105 cm³/mol. The number of carbonyl (C=O) groups is 2. The monoisotopic (exact) mass is 382 g/mol. The Morgan fingerprint density at radius 1 is 0.963 bits per heavy atom. The number of hydrogen-bond acceptors (Lipinski definition) is 4. The van der Waals surface area contributed by atoms with Gasteiger partial charge in [-0.2, -0.15) is 0 Å². The molecule has 0 aliphatic heterocycles. The molecule has 0 unspecified atom stereocenters. The van der Waals surface area contributed by atoms with Crippen molar-refractivity contribution < 1.29 is 14.7 Å². The van der Waals surface area contributed by atoms with Gasteiger partial charge in [0.05, 0.1) is 11.4 Å². The van der Waals surface area contributed by atoms with Gasteiger partial charge < -0.3 is 16.2 Å². The molecule has 0 radical (unpaired) electrons. The number of halogens is 1. The highest BCUT2D eigenvalue weighted by molar-refractivity contribution is 6.29. The Labute approximate surface area is 159 Å². The van der Waals surface area contributed by atoms with E-state index in [1.807, 2.05) is 12.1 Å². The molecule has 0 aliphatic carbocycles. The summed E-state index contributed by atoms with van der Waals surface area (Å²) in [5.74, 6) is -0.366. The molecule has 8 heteroatoms. The van der Waals surface area contributed by atoms with E-state index in [-0.39, 0.29) is 5.91 Å². The summed E-state index contributed by atoms with van der Waals surface area (Å²) in [6.07, 6.45) is 0.460. The number of carbonyl (C=O) groups excluding carboxylic acids is 1. The highest BCUT2D eigenvalue weighted by Gasteiger charge is 2.10. The summed E-state index contributed by atoms with van der Waals surface area (Å²) in [5.41, 5.74) is 9.24. The summed E-state index contributed by atoms with van der Waals surface area (Å²) in [6.45, 7) is 0. The number of carboxylic acid groups (broad SMARTS) is 1. The number of aromatic nitrogens is 1. The van der Waals surface area contributed by atoms with Gasteiger partial charge in [-0.05, 0) is 54.1 Å². The lowest BCUT2D eigenvalue weighted by atomic mass is 10.1. The zero-order valence-corrected chi connectivity index (χ0v) is 14.7. The van der Waals surface area contributed by atoms with Gasteiger partial charge in [-0.25, -0.2) is 9.78 Å². The Kier molecular flexibility index (Phi) is 5.23. The molecule has 3 rings (SSSR count). The quantitative estimate of drug-likeness (QED) is 0.396. The molecule has 7 nitrogen and oxygen atoms in total. The molecule has 0 bridgehead atoms. The second-order valence-corrected chi connectivity index (χ2v) is 6.02. The summed E-state index contributed by atoms with van der Waals surface area (Å²) in [7, 11) is 0. The molecule has 136 valence electrons. The lowest BCUT2D eigenvalue weighted by Crippen LogP contribution is -2.13. The summed E-state index contributed by atoms with van der Waals surface area (Å²) in [4.78, 5) is 27.1. The number of nitrogens with two attached hydrogens (primary N) is 1.